The molecule has 130 valence electrons. The maximum atomic E-state index is 13.0. The highest BCUT2D eigenvalue weighted by molar-refractivity contribution is 5.97. The van der Waals surface area contributed by atoms with Gasteiger partial charge < -0.3 is 15.1 Å². The minimum absolute atomic E-state index is 0.0160. The van der Waals surface area contributed by atoms with Crippen LogP contribution >= 0.6 is 0 Å². The van der Waals surface area contributed by atoms with E-state index >= 15 is 0 Å². The van der Waals surface area contributed by atoms with Crippen LogP contribution in [0.15, 0.2) is 48.5 Å². The summed E-state index contributed by atoms with van der Waals surface area (Å²) in [4.78, 5) is 28.6. The average molecular weight is 337 g/mol. The summed E-state index contributed by atoms with van der Waals surface area (Å²) in [6.45, 7) is 3.84. The highest BCUT2D eigenvalue weighted by atomic mass is 16.2. The Morgan fingerprint density at radius 3 is 2.68 bits per heavy atom. The van der Waals surface area contributed by atoms with E-state index in [0.717, 1.165) is 12.1 Å². The lowest BCUT2D eigenvalue weighted by molar-refractivity contribution is -0.115. The zero-order chi connectivity index (χ0) is 17.8. The number of amides is 2. The topological polar surface area (TPSA) is 52.7 Å². The predicted molar refractivity (Wildman–Crippen MR) is 99.8 cm³/mol. The molecule has 1 N–H and O–H groups in total. The van der Waals surface area contributed by atoms with E-state index in [1.807, 2.05) is 24.1 Å². The Morgan fingerprint density at radius 2 is 1.88 bits per heavy atom. The van der Waals surface area contributed by atoms with Crippen LogP contribution in [0, 0.1) is 0 Å². The smallest absolute Gasteiger partial charge is 0.254 e. The minimum Gasteiger partial charge on any atom is -0.373 e. The van der Waals surface area contributed by atoms with Crippen LogP contribution in [0.25, 0.3) is 0 Å². The molecule has 5 nitrogen and oxygen atoms in total. The first-order valence-corrected chi connectivity index (χ1v) is 8.56. The average Bonchev–Trinajstić information content (AvgIpc) is 2.80. The Balaban J connectivity index is 1.81. The first-order chi connectivity index (χ1) is 12.1. The van der Waals surface area contributed by atoms with Crippen LogP contribution in [0.1, 0.15) is 29.3 Å². The molecule has 0 saturated carbocycles. The number of carbonyl (C=O) groups excluding carboxylic acids is 2. The molecular weight excluding hydrogens is 314 g/mol. The van der Waals surface area contributed by atoms with E-state index in [4.69, 9.17) is 0 Å². The van der Waals surface area contributed by atoms with Crippen molar-refractivity contribution in [1.29, 1.82) is 0 Å². The molecular formula is C20H23N3O2. The Morgan fingerprint density at radius 1 is 1.08 bits per heavy atom. The van der Waals surface area contributed by atoms with Crippen LogP contribution < -0.4 is 10.2 Å². The molecule has 0 atom stereocenters. The Labute approximate surface area is 148 Å². The van der Waals surface area contributed by atoms with Crippen molar-refractivity contribution in [3.8, 4) is 0 Å². The van der Waals surface area contributed by atoms with Crippen LogP contribution in [0.4, 0.5) is 11.4 Å². The minimum atomic E-state index is -0.0603. The molecule has 0 unspecified atom stereocenters. The standard InChI is InChI=1S/C20H23N3O2/c1-3-19(24)21-17-9-6-8-15(13-17)20(25)23-12-11-22(2)18-10-5-4-7-16(18)14-23/h4-10,13H,3,11-12,14H2,1-2H3,(H,21,24). The monoisotopic (exact) mass is 337 g/mol. The fourth-order valence-corrected chi connectivity index (χ4v) is 3.03. The SMILES string of the molecule is CCC(=O)Nc1cccc(C(=O)N2CCN(C)c3ccccc3C2)c1. The molecule has 0 aliphatic carbocycles. The maximum Gasteiger partial charge on any atom is 0.254 e. The third-order valence-corrected chi connectivity index (χ3v) is 4.47. The summed E-state index contributed by atoms with van der Waals surface area (Å²) >= 11 is 0. The summed E-state index contributed by atoms with van der Waals surface area (Å²) in [5.41, 5.74) is 3.56. The molecule has 2 aromatic rings. The maximum absolute atomic E-state index is 13.0. The molecule has 1 heterocycles. The molecule has 1 aliphatic rings. The largest absolute Gasteiger partial charge is 0.373 e. The van der Waals surface area contributed by atoms with Gasteiger partial charge in [0, 0.05) is 50.0 Å². The number of rotatable bonds is 3. The van der Waals surface area contributed by atoms with E-state index in [1.54, 1.807) is 31.2 Å². The van der Waals surface area contributed by atoms with Crippen molar-refractivity contribution in [1.82, 2.24) is 4.90 Å². The fraction of sp³-hybridized carbons (Fsp3) is 0.300. The number of carbonyl (C=O) groups is 2. The number of anilines is 2. The summed E-state index contributed by atoms with van der Waals surface area (Å²) < 4.78 is 0. The van der Waals surface area contributed by atoms with Crippen molar-refractivity contribution in [2.24, 2.45) is 0 Å². The van der Waals surface area contributed by atoms with Gasteiger partial charge in [0.2, 0.25) is 5.91 Å². The van der Waals surface area contributed by atoms with Gasteiger partial charge in [-0.3, -0.25) is 9.59 Å². The van der Waals surface area contributed by atoms with E-state index in [-0.39, 0.29) is 11.8 Å². The predicted octanol–water partition coefficient (Wildman–Crippen LogP) is 3.13. The van der Waals surface area contributed by atoms with Crippen LogP contribution in [0.2, 0.25) is 0 Å². The fourth-order valence-electron chi connectivity index (χ4n) is 3.03. The highest BCUT2D eigenvalue weighted by Gasteiger charge is 2.22. The summed E-state index contributed by atoms with van der Waals surface area (Å²) in [6, 6.07) is 15.3. The molecule has 0 radical (unpaired) electrons. The van der Waals surface area contributed by atoms with Crippen molar-refractivity contribution < 1.29 is 9.59 Å². The molecule has 25 heavy (non-hydrogen) atoms. The van der Waals surface area contributed by atoms with E-state index < -0.39 is 0 Å². The van der Waals surface area contributed by atoms with Crippen LogP contribution in [-0.2, 0) is 11.3 Å². The van der Waals surface area contributed by atoms with E-state index in [9.17, 15) is 9.59 Å². The second-order valence-electron chi connectivity index (χ2n) is 6.26. The molecule has 3 rings (SSSR count). The van der Waals surface area contributed by atoms with E-state index in [0.29, 0.717) is 30.8 Å². The number of nitrogens with zero attached hydrogens (tertiary/aromatic N) is 2. The molecule has 0 bridgehead atoms. The van der Waals surface area contributed by atoms with Gasteiger partial charge in [-0.05, 0) is 29.8 Å². The van der Waals surface area contributed by atoms with E-state index in [2.05, 4.69) is 22.3 Å². The van der Waals surface area contributed by atoms with Crippen molar-refractivity contribution in [2.75, 3.05) is 30.4 Å². The Hall–Kier alpha value is -2.82. The summed E-state index contributed by atoms with van der Waals surface area (Å²) in [6.07, 6.45) is 0.410. The Bertz CT molecular complexity index is 788. The zero-order valence-corrected chi connectivity index (χ0v) is 14.7. The number of benzene rings is 2. The molecule has 1 aliphatic heterocycles. The van der Waals surface area contributed by atoms with Crippen LogP contribution in [0.5, 0.6) is 0 Å². The number of nitrogens with one attached hydrogen (secondary N) is 1. The molecule has 2 amide bonds. The van der Waals surface area contributed by atoms with Crippen molar-refractivity contribution in [3.05, 3.63) is 59.7 Å². The number of hydrogen-bond donors (Lipinski definition) is 1. The lowest BCUT2D eigenvalue weighted by Crippen LogP contribution is -2.34. The molecule has 2 aromatic carbocycles. The number of para-hydroxylation sites is 1. The van der Waals surface area contributed by atoms with Gasteiger partial charge >= 0.3 is 0 Å². The van der Waals surface area contributed by atoms with Gasteiger partial charge in [0.25, 0.3) is 5.91 Å². The lowest BCUT2D eigenvalue weighted by atomic mass is 10.1. The number of hydrogen-bond acceptors (Lipinski definition) is 3. The lowest BCUT2D eigenvalue weighted by Gasteiger charge is -2.21. The Kier molecular flexibility index (Phi) is 5.03. The quantitative estimate of drug-likeness (QED) is 0.936. The van der Waals surface area contributed by atoms with Gasteiger partial charge in [0.05, 0.1) is 0 Å². The summed E-state index contributed by atoms with van der Waals surface area (Å²) in [5.74, 6) is -0.0763. The van der Waals surface area contributed by atoms with Gasteiger partial charge in [-0.15, -0.1) is 0 Å². The van der Waals surface area contributed by atoms with Crippen molar-refractivity contribution in [2.45, 2.75) is 19.9 Å². The van der Waals surface area contributed by atoms with Gasteiger partial charge in [-0.25, -0.2) is 0 Å². The van der Waals surface area contributed by atoms with Gasteiger partial charge in [-0.2, -0.15) is 0 Å². The summed E-state index contributed by atoms with van der Waals surface area (Å²) in [5, 5.41) is 2.81. The van der Waals surface area contributed by atoms with E-state index in [1.165, 1.54) is 5.69 Å². The molecule has 0 saturated heterocycles. The zero-order valence-electron chi connectivity index (χ0n) is 14.7. The van der Waals surface area contributed by atoms with Gasteiger partial charge in [0.15, 0.2) is 0 Å². The van der Waals surface area contributed by atoms with Gasteiger partial charge in [-0.1, -0.05) is 31.2 Å². The van der Waals surface area contributed by atoms with Crippen LogP contribution in [-0.4, -0.2) is 36.9 Å². The first-order valence-electron chi connectivity index (χ1n) is 8.56. The third kappa shape index (κ3) is 3.82. The molecule has 5 heteroatoms. The normalized spacial score (nSPS) is 13.8. The van der Waals surface area contributed by atoms with Crippen molar-refractivity contribution >= 4 is 23.2 Å². The third-order valence-electron chi connectivity index (χ3n) is 4.47. The first kappa shape index (κ1) is 17.0. The molecule has 0 fully saturated rings. The molecule has 0 spiro atoms. The van der Waals surface area contributed by atoms with Gasteiger partial charge in [0.1, 0.15) is 0 Å². The summed E-state index contributed by atoms with van der Waals surface area (Å²) in [7, 11) is 2.05. The second-order valence-corrected chi connectivity index (χ2v) is 6.26. The number of likely N-dealkylation sites (N-methyl/N-ethyl adjacent to an activating group) is 1. The molecule has 0 aromatic heterocycles. The number of fused-ring (bicyclic) bond motifs is 1. The highest BCUT2D eigenvalue weighted by Crippen LogP contribution is 2.25. The second kappa shape index (κ2) is 7.38. The van der Waals surface area contributed by atoms with Crippen molar-refractivity contribution in [3.63, 3.8) is 0 Å². The van der Waals surface area contributed by atoms with Crippen LogP contribution in [0.3, 0.4) is 0 Å².